The lowest BCUT2D eigenvalue weighted by Crippen LogP contribution is -2.34. The second-order valence-corrected chi connectivity index (χ2v) is 5.49. The zero-order chi connectivity index (χ0) is 13.6. The summed E-state index contributed by atoms with van der Waals surface area (Å²) in [5.74, 6) is 2.44. The van der Waals surface area contributed by atoms with Crippen LogP contribution in [0, 0.1) is 23.7 Å². The molecule has 0 saturated heterocycles. The molecule has 0 amide bonds. The van der Waals surface area contributed by atoms with Crippen LogP contribution in [0.15, 0.2) is 29.2 Å². The number of hydrogen-bond donors (Lipinski definition) is 1. The van der Waals surface area contributed by atoms with Crippen molar-refractivity contribution in [3.63, 3.8) is 0 Å². The Hall–Kier alpha value is -1.82. The van der Waals surface area contributed by atoms with Gasteiger partial charge in [0.25, 0.3) is 0 Å². The molecule has 94 valence electrons. The van der Waals surface area contributed by atoms with Crippen LogP contribution in [0.5, 0.6) is 0 Å². The molecule has 1 N–H and O–H groups in total. The first-order valence-electron chi connectivity index (χ1n) is 5.49. The minimum atomic E-state index is -3.62. The van der Waals surface area contributed by atoms with E-state index in [4.69, 9.17) is 11.7 Å². The maximum Gasteiger partial charge on any atom is 0.240 e. The third kappa shape index (κ3) is 3.59. The Morgan fingerprint density at radius 1 is 1.50 bits per heavy atom. The lowest BCUT2D eigenvalue weighted by atomic mass is 10.2. The van der Waals surface area contributed by atoms with Gasteiger partial charge in [-0.25, -0.2) is 13.1 Å². The first-order chi connectivity index (χ1) is 8.53. The fourth-order valence-corrected chi connectivity index (χ4v) is 2.80. The molecule has 0 radical (unpaired) electrons. The van der Waals surface area contributed by atoms with Crippen LogP contribution in [0.3, 0.4) is 0 Å². The van der Waals surface area contributed by atoms with Gasteiger partial charge in [0.2, 0.25) is 10.0 Å². The van der Waals surface area contributed by atoms with Crippen molar-refractivity contribution in [2.24, 2.45) is 0 Å². The topological polar surface area (TPSA) is 70.0 Å². The molecule has 0 aromatic heterocycles. The van der Waals surface area contributed by atoms with Crippen LogP contribution in [-0.2, 0) is 10.0 Å². The maximum absolute atomic E-state index is 12.1. The third-order valence-electron chi connectivity index (χ3n) is 2.45. The molecule has 1 atom stereocenters. The number of nitrogens with zero attached hydrogens (tertiary/aromatic N) is 1. The average Bonchev–Trinajstić information content (AvgIpc) is 2.38. The van der Waals surface area contributed by atoms with Gasteiger partial charge in [0, 0.05) is 12.5 Å². The molecule has 1 unspecified atom stereocenters. The highest BCUT2D eigenvalue weighted by Crippen LogP contribution is 2.12. The fourth-order valence-electron chi connectivity index (χ4n) is 1.43. The first kappa shape index (κ1) is 14.2. The molecule has 5 heteroatoms. The van der Waals surface area contributed by atoms with Crippen molar-refractivity contribution in [2.75, 3.05) is 0 Å². The van der Waals surface area contributed by atoms with Gasteiger partial charge in [0.15, 0.2) is 0 Å². The van der Waals surface area contributed by atoms with Gasteiger partial charge < -0.3 is 0 Å². The Morgan fingerprint density at radius 2 is 2.22 bits per heavy atom. The third-order valence-corrected chi connectivity index (χ3v) is 3.97. The Morgan fingerprint density at radius 3 is 2.78 bits per heavy atom. The Kier molecular flexibility index (Phi) is 4.91. The van der Waals surface area contributed by atoms with E-state index in [0.717, 1.165) is 0 Å². The van der Waals surface area contributed by atoms with Crippen molar-refractivity contribution in [3.8, 4) is 18.4 Å². The summed E-state index contributed by atoms with van der Waals surface area (Å²) in [4.78, 5) is 0.0806. The summed E-state index contributed by atoms with van der Waals surface area (Å²) in [6, 6.07) is 7.50. The van der Waals surface area contributed by atoms with Crippen LogP contribution in [-0.4, -0.2) is 14.5 Å². The number of benzene rings is 1. The van der Waals surface area contributed by atoms with Crippen molar-refractivity contribution in [2.45, 2.75) is 30.7 Å². The van der Waals surface area contributed by atoms with Crippen molar-refractivity contribution in [1.82, 2.24) is 4.72 Å². The van der Waals surface area contributed by atoms with E-state index in [1.807, 2.05) is 13.0 Å². The van der Waals surface area contributed by atoms with E-state index in [2.05, 4.69) is 10.6 Å². The van der Waals surface area contributed by atoms with Gasteiger partial charge in [0.1, 0.15) is 0 Å². The van der Waals surface area contributed by atoms with Crippen LogP contribution in [0.2, 0.25) is 0 Å². The van der Waals surface area contributed by atoms with Crippen molar-refractivity contribution in [3.05, 3.63) is 29.8 Å². The van der Waals surface area contributed by atoms with Gasteiger partial charge in [-0.3, -0.25) is 0 Å². The van der Waals surface area contributed by atoms with Gasteiger partial charge in [-0.05, 0) is 24.6 Å². The summed E-state index contributed by atoms with van der Waals surface area (Å²) in [6.45, 7) is 1.86. The lowest BCUT2D eigenvalue weighted by molar-refractivity contribution is 0.544. The van der Waals surface area contributed by atoms with Gasteiger partial charge >= 0.3 is 0 Å². The molecule has 1 aromatic carbocycles. The van der Waals surface area contributed by atoms with Crippen molar-refractivity contribution < 1.29 is 8.42 Å². The maximum atomic E-state index is 12.1. The molecule has 0 aliphatic heterocycles. The Bertz CT molecular complexity index is 594. The van der Waals surface area contributed by atoms with E-state index < -0.39 is 10.0 Å². The number of rotatable bonds is 5. The zero-order valence-electron chi connectivity index (χ0n) is 10.1. The van der Waals surface area contributed by atoms with Crippen LogP contribution in [0.1, 0.15) is 25.3 Å². The highest BCUT2D eigenvalue weighted by Gasteiger charge is 2.18. The number of hydrogen-bond acceptors (Lipinski definition) is 3. The molecule has 0 heterocycles. The van der Waals surface area contributed by atoms with Crippen molar-refractivity contribution in [1.29, 1.82) is 5.26 Å². The lowest BCUT2D eigenvalue weighted by Gasteiger charge is -2.14. The SMILES string of the molecule is C#CCC(CC)NS(=O)(=O)c1cccc(C#N)c1. The predicted octanol–water partition coefficient (Wildman–Crippen LogP) is 1.64. The highest BCUT2D eigenvalue weighted by molar-refractivity contribution is 7.89. The molecule has 0 saturated carbocycles. The number of sulfonamides is 1. The summed E-state index contributed by atoms with van der Waals surface area (Å²) in [7, 11) is -3.62. The summed E-state index contributed by atoms with van der Waals surface area (Å²) in [5, 5.41) is 8.75. The van der Waals surface area contributed by atoms with E-state index in [1.54, 1.807) is 6.07 Å². The van der Waals surface area contributed by atoms with E-state index in [0.29, 0.717) is 18.4 Å². The van der Waals surface area contributed by atoms with E-state index in [9.17, 15) is 8.42 Å². The van der Waals surface area contributed by atoms with Gasteiger partial charge in [-0.1, -0.05) is 13.0 Å². The average molecular weight is 262 g/mol. The molecule has 0 fully saturated rings. The van der Waals surface area contributed by atoms with E-state index in [-0.39, 0.29) is 10.9 Å². The highest BCUT2D eigenvalue weighted by atomic mass is 32.2. The van der Waals surface area contributed by atoms with Crippen LogP contribution >= 0.6 is 0 Å². The molecule has 4 nitrogen and oxygen atoms in total. The Labute approximate surface area is 108 Å². The molecule has 1 rings (SSSR count). The van der Waals surface area contributed by atoms with Crippen molar-refractivity contribution >= 4 is 10.0 Å². The van der Waals surface area contributed by atoms with Gasteiger partial charge in [-0.15, -0.1) is 12.3 Å². The van der Waals surface area contributed by atoms with Gasteiger partial charge in [0.05, 0.1) is 16.5 Å². The minimum absolute atomic E-state index is 0.0806. The second kappa shape index (κ2) is 6.20. The summed E-state index contributed by atoms with van der Waals surface area (Å²) in [6.07, 6.45) is 6.13. The largest absolute Gasteiger partial charge is 0.240 e. The summed E-state index contributed by atoms with van der Waals surface area (Å²) >= 11 is 0. The normalized spacial score (nSPS) is 12.4. The van der Waals surface area contributed by atoms with E-state index in [1.165, 1.54) is 18.2 Å². The molecule has 18 heavy (non-hydrogen) atoms. The first-order valence-corrected chi connectivity index (χ1v) is 6.97. The number of terminal acetylenes is 1. The Balaban J connectivity index is 3.00. The minimum Gasteiger partial charge on any atom is -0.207 e. The number of nitriles is 1. The molecular formula is C13H14N2O2S. The molecular weight excluding hydrogens is 248 g/mol. The quantitative estimate of drug-likeness (QED) is 0.820. The smallest absolute Gasteiger partial charge is 0.207 e. The molecule has 0 spiro atoms. The summed E-state index contributed by atoms with van der Waals surface area (Å²) in [5.41, 5.74) is 0.308. The predicted molar refractivity (Wildman–Crippen MR) is 69.0 cm³/mol. The molecule has 0 aliphatic rings. The standard InChI is InChI=1S/C13H14N2O2S/c1-3-6-12(4-2)15-18(16,17)13-8-5-7-11(9-13)10-14/h1,5,7-9,12,15H,4,6H2,2H3. The summed E-state index contributed by atoms with van der Waals surface area (Å²) < 4.78 is 26.6. The van der Waals surface area contributed by atoms with Crippen LogP contribution < -0.4 is 4.72 Å². The molecule has 1 aromatic rings. The van der Waals surface area contributed by atoms with Gasteiger partial charge in [-0.2, -0.15) is 5.26 Å². The molecule has 0 aliphatic carbocycles. The van der Waals surface area contributed by atoms with Crippen LogP contribution in [0.4, 0.5) is 0 Å². The number of nitrogens with one attached hydrogen (secondary N) is 1. The molecule has 0 bridgehead atoms. The monoisotopic (exact) mass is 262 g/mol. The zero-order valence-corrected chi connectivity index (χ0v) is 10.9. The van der Waals surface area contributed by atoms with E-state index >= 15 is 0 Å². The second-order valence-electron chi connectivity index (χ2n) is 3.77. The fraction of sp³-hybridized carbons (Fsp3) is 0.308. The van der Waals surface area contributed by atoms with Crippen LogP contribution in [0.25, 0.3) is 0 Å².